The molecular weight excluding hydrogens is 278 g/mol. The van der Waals surface area contributed by atoms with E-state index in [-0.39, 0.29) is 5.69 Å². The van der Waals surface area contributed by atoms with Gasteiger partial charge in [-0.1, -0.05) is 24.3 Å². The third-order valence-electron chi connectivity index (χ3n) is 3.79. The molecule has 0 saturated heterocycles. The maximum Gasteiger partial charge on any atom is 0.197 e. The minimum absolute atomic E-state index is 0.264. The van der Waals surface area contributed by atoms with Gasteiger partial charge in [0.25, 0.3) is 0 Å². The first-order chi connectivity index (χ1) is 10.8. The normalized spacial score (nSPS) is 15.9. The zero-order valence-electron chi connectivity index (χ0n) is 11.8. The van der Waals surface area contributed by atoms with Gasteiger partial charge in [-0.05, 0) is 11.1 Å². The highest BCUT2D eigenvalue weighted by molar-refractivity contribution is 5.79. The number of methoxy groups -OCH3 is 1. The van der Waals surface area contributed by atoms with Crippen LogP contribution in [0.3, 0.4) is 0 Å². The van der Waals surface area contributed by atoms with Crippen LogP contribution in [0.2, 0.25) is 0 Å². The molecule has 0 aromatic carbocycles. The van der Waals surface area contributed by atoms with Crippen molar-refractivity contribution < 1.29 is 4.74 Å². The Hall–Kier alpha value is -3.20. The van der Waals surface area contributed by atoms with Gasteiger partial charge in [-0.3, -0.25) is 4.40 Å². The van der Waals surface area contributed by atoms with E-state index in [1.807, 2.05) is 36.4 Å². The van der Waals surface area contributed by atoms with Gasteiger partial charge < -0.3 is 4.74 Å². The first-order valence-corrected chi connectivity index (χ1v) is 6.78. The third kappa shape index (κ3) is 1.69. The zero-order chi connectivity index (χ0) is 15.1. The van der Waals surface area contributed by atoms with Crippen LogP contribution < -0.4 is 0 Å². The molecule has 0 aliphatic heterocycles. The Morgan fingerprint density at radius 2 is 2.05 bits per heavy atom. The van der Waals surface area contributed by atoms with Crippen molar-refractivity contribution >= 4 is 17.3 Å². The smallest absolute Gasteiger partial charge is 0.197 e. The van der Waals surface area contributed by atoms with Crippen molar-refractivity contribution in [3.63, 3.8) is 0 Å². The fraction of sp³-hybridized carbons (Fsp3) is 0.125. The van der Waals surface area contributed by atoms with Gasteiger partial charge in [-0.25, -0.2) is 4.98 Å². The molecule has 2 bridgehead atoms. The summed E-state index contributed by atoms with van der Waals surface area (Å²) >= 11 is 0. The quantitative estimate of drug-likeness (QED) is 0.805. The minimum Gasteiger partial charge on any atom is -0.496 e. The molecule has 6 heteroatoms. The van der Waals surface area contributed by atoms with Gasteiger partial charge in [0.05, 0.1) is 12.8 Å². The van der Waals surface area contributed by atoms with Gasteiger partial charge in [0.2, 0.25) is 0 Å². The lowest BCUT2D eigenvalue weighted by Crippen LogP contribution is -2.03. The summed E-state index contributed by atoms with van der Waals surface area (Å²) in [7, 11) is 1.65. The highest BCUT2D eigenvalue weighted by atomic mass is 16.5. The molecule has 0 saturated carbocycles. The van der Waals surface area contributed by atoms with Crippen molar-refractivity contribution in [2.75, 3.05) is 7.11 Å². The number of aromatic nitrogens is 4. The van der Waals surface area contributed by atoms with Crippen LogP contribution in [-0.2, 0) is 4.74 Å². The van der Waals surface area contributed by atoms with E-state index in [4.69, 9.17) is 10.00 Å². The van der Waals surface area contributed by atoms with Crippen LogP contribution in [0.15, 0.2) is 42.0 Å². The lowest BCUT2D eigenvalue weighted by atomic mass is 10.0. The predicted octanol–water partition coefficient (Wildman–Crippen LogP) is 2.27. The second kappa shape index (κ2) is 4.67. The van der Waals surface area contributed by atoms with Crippen molar-refractivity contribution in [3.8, 4) is 6.07 Å². The maximum absolute atomic E-state index is 9.11. The van der Waals surface area contributed by atoms with E-state index < -0.39 is 0 Å². The van der Waals surface area contributed by atoms with E-state index in [2.05, 4.69) is 15.2 Å². The van der Waals surface area contributed by atoms with Crippen LogP contribution in [0.1, 0.15) is 23.5 Å². The molecule has 0 unspecified atom stereocenters. The lowest BCUT2D eigenvalue weighted by Gasteiger charge is -2.07. The SMILES string of the molecule is COC1=Cc2c(nnc3c(C#N)ncn23)C2=CC=CC=C1C2. The number of nitrogens with zero attached hydrogens (tertiary/aromatic N) is 5. The monoisotopic (exact) mass is 289 g/mol. The molecule has 106 valence electrons. The molecule has 0 radical (unpaired) electrons. The highest BCUT2D eigenvalue weighted by Gasteiger charge is 2.23. The Morgan fingerprint density at radius 3 is 2.82 bits per heavy atom. The molecule has 22 heavy (non-hydrogen) atoms. The number of fused-ring (bicyclic) bond motifs is 6. The lowest BCUT2D eigenvalue weighted by molar-refractivity contribution is 0.304. The molecule has 2 heterocycles. The summed E-state index contributed by atoms with van der Waals surface area (Å²) in [6.45, 7) is 0. The summed E-state index contributed by atoms with van der Waals surface area (Å²) in [5.41, 5.74) is 4.45. The molecule has 0 N–H and O–H groups in total. The van der Waals surface area contributed by atoms with E-state index >= 15 is 0 Å². The molecule has 2 aliphatic carbocycles. The second-order valence-electron chi connectivity index (χ2n) is 4.99. The fourth-order valence-corrected chi connectivity index (χ4v) is 2.73. The van der Waals surface area contributed by atoms with E-state index in [0.29, 0.717) is 5.65 Å². The topological polar surface area (TPSA) is 76.1 Å². The summed E-state index contributed by atoms with van der Waals surface area (Å²) in [6.07, 6.45) is 12.3. The Balaban J connectivity index is 2.10. The molecule has 6 nitrogen and oxygen atoms in total. The number of hydrogen-bond acceptors (Lipinski definition) is 5. The summed E-state index contributed by atoms with van der Waals surface area (Å²) in [4.78, 5) is 4.09. The van der Waals surface area contributed by atoms with Crippen molar-refractivity contribution in [1.82, 2.24) is 19.6 Å². The average Bonchev–Trinajstić information content (AvgIpc) is 2.73. The molecule has 2 aliphatic rings. The summed E-state index contributed by atoms with van der Waals surface area (Å²) in [5.74, 6) is 0.776. The Kier molecular flexibility index (Phi) is 2.66. The largest absolute Gasteiger partial charge is 0.496 e. The number of imidazole rings is 1. The predicted molar refractivity (Wildman–Crippen MR) is 80.3 cm³/mol. The number of rotatable bonds is 1. The standard InChI is InChI=1S/C16H11N5O/c1-22-14-7-13-15(11-5-3-2-4-10(14)6-11)19-20-16-12(8-17)18-9-21(13)16/h2-5,7,9H,6H2,1H3. The van der Waals surface area contributed by atoms with Gasteiger partial charge in [0.15, 0.2) is 11.3 Å². The van der Waals surface area contributed by atoms with Gasteiger partial charge in [0, 0.05) is 12.5 Å². The molecule has 0 fully saturated rings. The summed E-state index contributed by atoms with van der Waals surface area (Å²) in [5, 5.41) is 17.6. The molecule has 4 rings (SSSR count). The van der Waals surface area contributed by atoms with Gasteiger partial charge in [0.1, 0.15) is 23.8 Å². The van der Waals surface area contributed by atoms with Gasteiger partial charge >= 0.3 is 0 Å². The molecule has 0 atom stereocenters. The first-order valence-electron chi connectivity index (χ1n) is 6.78. The van der Waals surface area contributed by atoms with Crippen molar-refractivity contribution in [3.05, 3.63) is 59.0 Å². The summed E-state index contributed by atoms with van der Waals surface area (Å²) in [6, 6.07) is 2.03. The molecule has 0 amide bonds. The number of hydrogen-bond donors (Lipinski definition) is 0. The Morgan fingerprint density at radius 1 is 1.23 bits per heavy atom. The van der Waals surface area contributed by atoms with E-state index in [1.54, 1.807) is 17.8 Å². The Labute approximate surface area is 126 Å². The zero-order valence-corrected chi connectivity index (χ0v) is 11.8. The summed E-state index contributed by atoms with van der Waals surface area (Å²) < 4.78 is 7.32. The van der Waals surface area contributed by atoms with E-state index in [0.717, 1.165) is 34.7 Å². The average molecular weight is 289 g/mol. The van der Waals surface area contributed by atoms with Crippen LogP contribution in [-0.4, -0.2) is 26.7 Å². The third-order valence-corrected chi connectivity index (χ3v) is 3.79. The molecular formula is C16H11N5O. The highest BCUT2D eigenvalue weighted by Crippen LogP contribution is 2.34. The van der Waals surface area contributed by atoms with Crippen LogP contribution in [0, 0.1) is 11.3 Å². The van der Waals surface area contributed by atoms with Crippen molar-refractivity contribution in [2.45, 2.75) is 6.42 Å². The fourth-order valence-electron chi connectivity index (χ4n) is 2.73. The molecule has 2 aromatic heterocycles. The number of nitriles is 1. The Bertz CT molecular complexity index is 953. The van der Waals surface area contributed by atoms with Crippen LogP contribution >= 0.6 is 0 Å². The first kappa shape index (κ1) is 12.5. The number of ether oxygens (including phenoxy) is 1. The van der Waals surface area contributed by atoms with Crippen molar-refractivity contribution in [2.24, 2.45) is 0 Å². The van der Waals surface area contributed by atoms with Crippen LogP contribution in [0.5, 0.6) is 0 Å². The van der Waals surface area contributed by atoms with Crippen LogP contribution in [0.4, 0.5) is 0 Å². The maximum atomic E-state index is 9.11. The molecule has 2 aromatic rings. The van der Waals surface area contributed by atoms with Crippen molar-refractivity contribution in [1.29, 1.82) is 5.26 Å². The molecule has 0 spiro atoms. The second-order valence-corrected chi connectivity index (χ2v) is 4.99. The van der Waals surface area contributed by atoms with E-state index in [1.165, 1.54) is 0 Å². The van der Waals surface area contributed by atoms with Gasteiger partial charge in [-0.15, -0.1) is 10.2 Å². The minimum atomic E-state index is 0.264. The van der Waals surface area contributed by atoms with Gasteiger partial charge in [-0.2, -0.15) is 5.26 Å². The van der Waals surface area contributed by atoms with E-state index in [9.17, 15) is 0 Å². The van der Waals surface area contributed by atoms with Crippen LogP contribution in [0.25, 0.3) is 17.3 Å². The number of allylic oxidation sites excluding steroid dienone is 6.